The Hall–Kier alpha value is -2.67. The van der Waals surface area contributed by atoms with Gasteiger partial charge in [0.2, 0.25) is 5.91 Å². The molecule has 4 aliphatic rings. The van der Waals surface area contributed by atoms with Crippen LogP contribution in [0.5, 0.6) is 0 Å². The molecule has 2 amide bonds. The lowest BCUT2D eigenvalue weighted by Gasteiger charge is -2.36. The van der Waals surface area contributed by atoms with E-state index in [0.29, 0.717) is 48.9 Å². The minimum absolute atomic E-state index is 0.0142. The van der Waals surface area contributed by atoms with Gasteiger partial charge in [-0.1, -0.05) is 24.6 Å². The number of aromatic nitrogens is 2. The molecule has 0 aromatic carbocycles. The van der Waals surface area contributed by atoms with Crippen molar-refractivity contribution in [3.63, 3.8) is 0 Å². The van der Waals surface area contributed by atoms with Crippen LogP contribution >= 0.6 is 0 Å². The Balaban J connectivity index is 1.14. The number of rotatable bonds is 5. The van der Waals surface area contributed by atoms with Gasteiger partial charge in [0.15, 0.2) is 0 Å². The van der Waals surface area contributed by atoms with E-state index in [1.165, 1.54) is 19.3 Å². The minimum Gasteiger partial charge on any atom is -0.390 e. The second-order valence-corrected chi connectivity index (χ2v) is 12.0. The summed E-state index contributed by atoms with van der Waals surface area (Å²) in [4.78, 5) is 32.5. The van der Waals surface area contributed by atoms with Crippen LogP contribution in [0.4, 0.5) is 0 Å². The van der Waals surface area contributed by atoms with Crippen LogP contribution in [0.3, 0.4) is 0 Å². The molecule has 2 N–H and O–H groups in total. The summed E-state index contributed by atoms with van der Waals surface area (Å²) in [5.41, 5.74) is 3.08. The van der Waals surface area contributed by atoms with Crippen LogP contribution in [0.1, 0.15) is 68.6 Å². The van der Waals surface area contributed by atoms with Crippen molar-refractivity contribution in [2.24, 2.45) is 23.2 Å². The smallest absolute Gasteiger partial charge is 0.268 e. The second-order valence-electron chi connectivity index (χ2n) is 12.0. The number of fused-ring (bicyclic) bond motifs is 2. The Bertz CT molecular complexity index is 1200. The molecule has 7 nitrogen and oxygen atoms in total. The summed E-state index contributed by atoms with van der Waals surface area (Å²) in [6.07, 6.45) is 10.5. The first-order valence-electron chi connectivity index (χ1n) is 13.2. The van der Waals surface area contributed by atoms with Gasteiger partial charge in [0, 0.05) is 25.8 Å². The van der Waals surface area contributed by atoms with Crippen LogP contribution in [0.25, 0.3) is 5.65 Å². The Morgan fingerprint density at radius 3 is 2.80 bits per heavy atom. The fourth-order valence-electron chi connectivity index (χ4n) is 7.23. The zero-order valence-electron chi connectivity index (χ0n) is 20.8. The fourth-order valence-corrected chi connectivity index (χ4v) is 7.23. The Labute approximate surface area is 206 Å². The second kappa shape index (κ2) is 8.19. The third kappa shape index (κ3) is 4.18. The third-order valence-electron chi connectivity index (χ3n) is 9.07. The van der Waals surface area contributed by atoms with Crippen LogP contribution in [0.15, 0.2) is 36.0 Å². The molecule has 2 aromatic heterocycles. The normalized spacial score (nSPS) is 31.0. The molecular formula is C28H36N4O3. The predicted molar refractivity (Wildman–Crippen MR) is 133 cm³/mol. The van der Waals surface area contributed by atoms with Gasteiger partial charge in [-0.15, -0.1) is 0 Å². The molecule has 1 saturated heterocycles. The van der Waals surface area contributed by atoms with Crippen molar-refractivity contribution in [1.29, 1.82) is 0 Å². The van der Waals surface area contributed by atoms with E-state index in [1.807, 2.05) is 35.7 Å². The summed E-state index contributed by atoms with van der Waals surface area (Å²) >= 11 is 0. The van der Waals surface area contributed by atoms with Crippen molar-refractivity contribution < 1.29 is 14.7 Å². The van der Waals surface area contributed by atoms with Gasteiger partial charge >= 0.3 is 0 Å². The molecule has 0 spiro atoms. The maximum absolute atomic E-state index is 13.3. The standard InChI is InChI=1S/C28H36N4O3/c1-18-10-19-11-20-14-28(13-18,15-22(19)20)17-29-26(34)23-4-3-5-24-30-21(16-32(23)24)12-25(33)31-8-6-27(2,35)7-9-31/h3-5,10,16,18,20,22,35H,6-9,11-15,17H2,1-2H3,(H,29,34). The maximum Gasteiger partial charge on any atom is 0.268 e. The largest absolute Gasteiger partial charge is 0.390 e. The summed E-state index contributed by atoms with van der Waals surface area (Å²) in [7, 11) is 0. The number of carbonyl (C=O) groups is 2. The molecule has 6 rings (SSSR count). The number of nitrogens with one attached hydrogen (secondary N) is 1. The van der Waals surface area contributed by atoms with Crippen molar-refractivity contribution in [2.75, 3.05) is 19.6 Å². The van der Waals surface area contributed by atoms with E-state index in [1.54, 1.807) is 10.5 Å². The molecule has 35 heavy (non-hydrogen) atoms. The summed E-state index contributed by atoms with van der Waals surface area (Å²) in [6, 6.07) is 5.55. The molecule has 2 aromatic rings. The van der Waals surface area contributed by atoms with Crippen molar-refractivity contribution in [3.05, 3.63) is 47.4 Å². The first kappa shape index (κ1) is 22.8. The van der Waals surface area contributed by atoms with Gasteiger partial charge in [0.25, 0.3) is 5.91 Å². The molecule has 3 heterocycles. The molecule has 4 unspecified atom stereocenters. The van der Waals surface area contributed by atoms with E-state index in [0.717, 1.165) is 24.8 Å². The van der Waals surface area contributed by atoms with E-state index >= 15 is 0 Å². The highest BCUT2D eigenvalue weighted by Gasteiger charge is 2.53. The lowest BCUT2D eigenvalue weighted by Crippen LogP contribution is -2.45. The zero-order valence-corrected chi connectivity index (χ0v) is 20.8. The molecule has 7 heteroatoms. The van der Waals surface area contributed by atoms with Gasteiger partial charge < -0.3 is 15.3 Å². The van der Waals surface area contributed by atoms with Gasteiger partial charge in [-0.05, 0) is 80.8 Å². The molecule has 186 valence electrons. The Morgan fingerprint density at radius 2 is 2.00 bits per heavy atom. The quantitative estimate of drug-likeness (QED) is 0.648. The van der Waals surface area contributed by atoms with Gasteiger partial charge in [-0.3, -0.25) is 14.0 Å². The number of allylic oxidation sites excluding steroid dienone is 2. The Kier molecular flexibility index (Phi) is 5.33. The summed E-state index contributed by atoms with van der Waals surface area (Å²) < 4.78 is 1.81. The first-order valence-corrected chi connectivity index (χ1v) is 13.2. The number of hydrogen-bond donors (Lipinski definition) is 2. The highest BCUT2D eigenvalue weighted by atomic mass is 16.3. The zero-order chi connectivity index (χ0) is 24.4. The molecule has 0 radical (unpaired) electrons. The minimum atomic E-state index is -0.687. The van der Waals surface area contributed by atoms with Crippen molar-refractivity contribution in [1.82, 2.24) is 19.6 Å². The number of aliphatic hydroxyl groups is 1. The average molecular weight is 477 g/mol. The molecule has 3 fully saturated rings. The predicted octanol–water partition coefficient (Wildman–Crippen LogP) is 3.36. The van der Waals surface area contributed by atoms with Crippen LogP contribution in [-0.4, -0.2) is 56.4 Å². The van der Waals surface area contributed by atoms with Gasteiger partial charge in [-0.25, -0.2) is 4.98 Å². The highest BCUT2D eigenvalue weighted by molar-refractivity contribution is 5.93. The lowest BCUT2D eigenvalue weighted by atomic mass is 9.69. The highest BCUT2D eigenvalue weighted by Crippen LogP contribution is 2.62. The molecule has 2 bridgehead atoms. The Morgan fingerprint density at radius 1 is 1.20 bits per heavy atom. The molecule has 4 atom stereocenters. The summed E-state index contributed by atoms with van der Waals surface area (Å²) in [5.74, 6) is 2.08. The summed E-state index contributed by atoms with van der Waals surface area (Å²) in [5, 5.41) is 13.4. The number of imidazole rings is 1. The van der Waals surface area contributed by atoms with Gasteiger partial charge in [0.05, 0.1) is 17.7 Å². The molecule has 2 saturated carbocycles. The SMILES string of the molecule is CC1C=C2CC3CC(CNC(=O)c4cccc5nc(CC(=O)N6CCC(C)(O)CC6)cn45)(C1)CC23. The number of piperidine rings is 1. The van der Waals surface area contributed by atoms with Crippen LogP contribution in [0.2, 0.25) is 0 Å². The maximum atomic E-state index is 13.3. The summed E-state index contributed by atoms with van der Waals surface area (Å²) in [6.45, 7) is 5.98. The lowest BCUT2D eigenvalue weighted by molar-refractivity contribution is -0.134. The van der Waals surface area contributed by atoms with Crippen molar-refractivity contribution in [3.8, 4) is 0 Å². The molecular weight excluding hydrogens is 440 g/mol. The van der Waals surface area contributed by atoms with Crippen LogP contribution < -0.4 is 5.32 Å². The number of nitrogens with zero attached hydrogens (tertiary/aromatic N) is 3. The number of pyridine rings is 1. The van der Waals surface area contributed by atoms with E-state index in [2.05, 4.69) is 23.3 Å². The van der Waals surface area contributed by atoms with Crippen LogP contribution in [0, 0.1) is 23.2 Å². The van der Waals surface area contributed by atoms with E-state index in [4.69, 9.17) is 0 Å². The fraction of sp³-hybridized carbons (Fsp3) is 0.607. The molecule has 3 aliphatic carbocycles. The third-order valence-corrected chi connectivity index (χ3v) is 9.07. The van der Waals surface area contributed by atoms with Gasteiger partial charge in [0.1, 0.15) is 11.3 Å². The monoisotopic (exact) mass is 476 g/mol. The van der Waals surface area contributed by atoms with E-state index in [9.17, 15) is 14.7 Å². The van der Waals surface area contributed by atoms with E-state index < -0.39 is 5.60 Å². The number of hydrogen-bond acceptors (Lipinski definition) is 4. The van der Waals surface area contributed by atoms with Crippen LogP contribution in [-0.2, 0) is 11.2 Å². The number of amides is 2. The van der Waals surface area contributed by atoms with E-state index in [-0.39, 0.29) is 23.7 Å². The van der Waals surface area contributed by atoms with Crippen molar-refractivity contribution >= 4 is 17.5 Å². The average Bonchev–Trinajstić information content (AvgIpc) is 3.30. The first-order chi connectivity index (χ1) is 16.7. The number of likely N-dealkylation sites (tertiary alicyclic amines) is 1. The number of carbonyl (C=O) groups excluding carboxylic acids is 2. The van der Waals surface area contributed by atoms with Crippen molar-refractivity contribution in [2.45, 2.75) is 64.4 Å². The molecule has 1 aliphatic heterocycles. The topological polar surface area (TPSA) is 86.9 Å². The van der Waals surface area contributed by atoms with Gasteiger partial charge in [-0.2, -0.15) is 0 Å².